The van der Waals surface area contributed by atoms with Crippen molar-refractivity contribution in [2.24, 2.45) is 0 Å². The molecule has 2 heterocycles. The summed E-state index contributed by atoms with van der Waals surface area (Å²) in [5, 5.41) is 10.1. The lowest BCUT2D eigenvalue weighted by Crippen LogP contribution is -2.24. The van der Waals surface area contributed by atoms with Crippen molar-refractivity contribution in [2.75, 3.05) is 6.54 Å². The van der Waals surface area contributed by atoms with E-state index in [2.05, 4.69) is 20.5 Å². The lowest BCUT2D eigenvalue weighted by molar-refractivity contribution is 0.0952. The minimum atomic E-state index is -0.115. The van der Waals surface area contributed by atoms with Gasteiger partial charge in [0, 0.05) is 18.9 Å². The molecule has 0 fully saturated rings. The number of amides is 1. The van der Waals surface area contributed by atoms with E-state index in [1.54, 1.807) is 12.3 Å². The summed E-state index contributed by atoms with van der Waals surface area (Å²) in [4.78, 5) is 15.7. The molecule has 0 bridgehead atoms. The van der Waals surface area contributed by atoms with Crippen LogP contribution in [0.2, 0.25) is 0 Å². The predicted molar refractivity (Wildman–Crippen MR) is 66.9 cm³/mol. The summed E-state index contributed by atoms with van der Waals surface area (Å²) < 4.78 is 0. The Morgan fingerprint density at radius 3 is 2.83 bits per heavy atom. The fourth-order valence-corrected chi connectivity index (χ4v) is 1.57. The van der Waals surface area contributed by atoms with Crippen LogP contribution in [0.4, 0.5) is 0 Å². The maximum absolute atomic E-state index is 11.7. The third-order valence-electron chi connectivity index (χ3n) is 2.50. The van der Waals surface area contributed by atoms with E-state index in [-0.39, 0.29) is 5.91 Å². The van der Waals surface area contributed by atoms with Crippen LogP contribution in [0, 0.1) is 0 Å². The van der Waals surface area contributed by atoms with E-state index in [0.717, 1.165) is 12.8 Å². The second-order valence-electron chi connectivity index (χ2n) is 3.85. The average Bonchev–Trinajstić information content (AvgIpc) is 2.45. The molecule has 0 radical (unpaired) electrons. The van der Waals surface area contributed by atoms with Crippen molar-refractivity contribution in [3.05, 3.63) is 54.1 Å². The molecule has 0 saturated heterocycles. The molecule has 0 atom stereocenters. The van der Waals surface area contributed by atoms with Gasteiger partial charge >= 0.3 is 0 Å². The number of nitrogens with zero attached hydrogens (tertiary/aromatic N) is 3. The summed E-state index contributed by atoms with van der Waals surface area (Å²) in [6, 6.07) is 5.58. The van der Waals surface area contributed by atoms with Crippen LogP contribution in [0.5, 0.6) is 0 Å². The Bertz CT molecular complexity index is 487. The Morgan fingerprint density at radius 2 is 2.11 bits per heavy atom. The van der Waals surface area contributed by atoms with Gasteiger partial charge < -0.3 is 5.32 Å². The van der Waals surface area contributed by atoms with Crippen LogP contribution in [0.3, 0.4) is 0 Å². The number of carbonyl (C=O) groups is 1. The van der Waals surface area contributed by atoms with E-state index in [1.165, 1.54) is 18.0 Å². The third kappa shape index (κ3) is 3.62. The third-order valence-corrected chi connectivity index (χ3v) is 2.50. The molecule has 2 aromatic heterocycles. The highest BCUT2D eigenvalue weighted by Crippen LogP contribution is 2.00. The fourth-order valence-electron chi connectivity index (χ4n) is 1.57. The standard InChI is InChI=1S/C13H14N4O/c18-13(12-5-8-16-17-10-12)15-7-2-4-11-3-1-6-14-9-11/h1,3,5-6,8-10H,2,4,7H2,(H,15,18). The summed E-state index contributed by atoms with van der Waals surface area (Å²) in [6.07, 6.45) is 8.34. The van der Waals surface area contributed by atoms with Crippen molar-refractivity contribution in [1.29, 1.82) is 0 Å². The first-order valence-electron chi connectivity index (χ1n) is 5.80. The van der Waals surface area contributed by atoms with Gasteiger partial charge in [-0.2, -0.15) is 10.2 Å². The predicted octanol–water partition coefficient (Wildman–Crippen LogP) is 1.23. The first-order valence-corrected chi connectivity index (χ1v) is 5.80. The largest absolute Gasteiger partial charge is 0.352 e. The van der Waals surface area contributed by atoms with Crippen LogP contribution in [0.25, 0.3) is 0 Å². The zero-order chi connectivity index (χ0) is 12.6. The Labute approximate surface area is 105 Å². The number of aromatic nitrogens is 3. The number of hydrogen-bond donors (Lipinski definition) is 1. The van der Waals surface area contributed by atoms with Gasteiger partial charge in [0.05, 0.1) is 18.0 Å². The lowest BCUT2D eigenvalue weighted by Gasteiger charge is -2.04. The molecule has 1 amide bonds. The van der Waals surface area contributed by atoms with E-state index in [1.807, 2.05) is 18.3 Å². The Kier molecular flexibility index (Phi) is 4.35. The molecule has 0 spiro atoms. The van der Waals surface area contributed by atoms with Crippen LogP contribution in [-0.4, -0.2) is 27.6 Å². The number of rotatable bonds is 5. The quantitative estimate of drug-likeness (QED) is 0.801. The maximum Gasteiger partial charge on any atom is 0.252 e. The van der Waals surface area contributed by atoms with Crippen LogP contribution in [0.1, 0.15) is 22.3 Å². The average molecular weight is 242 g/mol. The van der Waals surface area contributed by atoms with E-state index >= 15 is 0 Å². The van der Waals surface area contributed by atoms with Crippen molar-refractivity contribution in [3.8, 4) is 0 Å². The Balaban J connectivity index is 1.72. The second-order valence-corrected chi connectivity index (χ2v) is 3.85. The van der Waals surface area contributed by atoms with Crippen molar-refractivity contribution in [3.63, 3.8) is 0 Å². The zero-order valence-electron chi connectivity index (χ0n) is 9.91. The molecule has 2 aromatic rings. The van der Waals surface area contributed by atoms with Gasteiger partial charge in [-0.1, -0.05) is 6.07 Å². The normalized spacial score (nSPS) is 10.0. The summed E-state index contributed by atoms with van der Waals surface area (Å²) in [5.74, 6) is -0.115. The molecule has 0 aliphatic carbocycles. The first-order chi connectivity index (χ1) is 8.86. The molecular formula is C13H14N4O. The molecule has 0 saturated carbocycles. The highest BCUT2D eigenvalue weighted by Gasteiger charge is 2.03. The van der Waals surface area contributed by atoms with Crippen molar-refractivity contribution < 1.29 is 4.79 Å². The maximum atomic E-state index is 11.7. The SMILES string of the molecule is O=C(NCCCc1cccnc1)c1ccnnc1. The highest BCUT2D eigenvalue weighted by atomic mass is 16.1. The van der Waals surface area contributed by atoms with Crippen LogP contribution in [-0.2, 0) is 6.42 Å². The number of nitrogens with one attached hydrogen (secondary N) is 1. The molecule has 1 N–H and O–H groups in total. The number of aryl methyl sites for hydroxylation is 1. The molecule has 5 nitrogen and oxygen atoms in total. The molecule has 18 heavy (non-hydrogen) atoms. The van der Waals surface area contributed by atoms with E-state index < -0.39 is 0 Å². The van der Waals surface area contributed by atoms with Gasteiger partial charge in [-0.25, -0.2) is 0 Å². The molecule has 0 aromatic carbocycles. The number of hydrogen-bond acceptors (Lipinski definition) is 4. The van der Waals surface area contributed by atoms with Crippen LogP contribution in [0.15, 0.2) is 43.0 Å². The molecule has 0 aliphatic heterocycles. The lowest BCUT2D eigenvalue weighted by atomic mass is 10.1. The Hall–Kier alpha value is -2.30. The van der Waals surface area contributed by atoms with Crippen molar-refractivity contribution in [1.82, 2.24) is 20.5 Å². The number of pyridine rings is 1. The molecular weight excluding hydrogens is 228 g/mol. The second kappa shape index (κ2) is 6.44. The zero-order valence-corrected chi connectivity index (χ0v) is 9.91. The summed E-state index contributed by atoms with van der Waals surface area (Å²) in [7, 11) is 0. The minimum Gasteiger partial charge on any atom is -0.352 e. The monoisotopic (exact) mass is 242 g/mol. The molecule has 92 valence electrons. The van der Waals surface area contributed by atoms with Gasteiger partial charge in [0.2, 0.25) is 0 Å². The molecule has 0 aliphatic rings. The van der Waals surface area contributed by atoms with Gasteiger partial charge in [0.1, 0.15) is 0 Å². The summed E-state index contributed by atoms with van der Waals surface area (Å²) in [6.45, 7) is 0.635. The smallest absolute Gasteiger partial charge is 0.252 e. The van der Waals surface area contributed by atoms with Gasteiger partial charge in [0.25, 0.3) is 5.91 Å². The minimum absolute atomic E-state index is 0.115. The summed E-state index contributed by atoms with van der Waals surface area (Å²) >= 11 is 0. The van der Waals surface area contributed by atoms with Crippen molar-refractivity contribution >= 4 is 5.91 Å². The molecule has 5 heteroatoms. The van der Waals surface area contributed by atoms with Gasteiger partial charge in [0.15, 0.2) is 0 Å². The van der Waals surface area contributed by atoms with E-state index in [9.17, 15) is 4.79 Å². The van der Waals surface area contributed by atoms with E-state index in [4.69, 9.17) is 0 Å². The van der Waals surface area contributed by atoms with Gasteiger partial charge in [-0.3, -0.25) is 9.78 Å². The van der Waals surface area contributed by atoms with Crippen molar-refractivity contribution in [2.45, 2.75) is 12.8 Å². The topological polar surface area (TPSA) is 67.8 Å². The fraction of sp³-hybridized carbons (Fsp3) is 0.231. The van der Waals surface area contributed by atoms with Crippen LogP contribution >= 0.6 is 0 Å². The van der Waals surface area contributed by atoms with E-state index in [0.29, 0.717) is 12.1 Å². The molecule has 2 rings (SSSR count). The summed E-state index contributed by atoms with van der Waals surface area (Å²) in [5.41, 5.74) is 1.71. The Morgan fingerprint density at radius 1 is 1.17 bits per heavy atom. The van der Waals surface area contributed by atoms with Gasteiger partial charge in [-0.15, -0.1) is 0 Å². The first kappa shape index (κ1) is 12.2. The highest BCUT2D eigenvalue weighted by molar-refractivity contribution is 5.93. The van der Waals surface area contributed by atoms with Crippen LogP contribution < -0.4 is 5.32 Å². The number of carbonyl (C=O) groups excluding carboxylic acids is 1. The molecule has 0 unspecified atom stereocenters. The van der Waals surface area contributed by atoms with Gasteiger partial charge in [-0.05, 0) is 30.5 Å².